The van der Waals surface area contributed by atoms with E-state index in [1.165, 1.54) is 25.6 Å². The average molecular weight is 268 g/mol. The minimum absolute atomic E-state index is 0.0617. The van der Waals surface area contributed by atoms with Crippen LogP contribution >= 0.6 is 11.6 Å². The number of nitrogens with zero attached hydrogens (tertiary/aromatic N) is 2. The van der Waals surface area contributed by atoms with Gasteiger partial charge in [0.25, 0.3) is 0 Å². The Balaban J connectivity index is 1.93. The van der Waals surface area contributed by atoms with Crippen LogP contribution in [0.4, 0.5) is 5.82 Å². The monoisotopic (exact) mass is 267 g/mol. The van der Waals surface area contributed by atoms with Gasteiger partial charge in [0.1, 0.15) is 17.3 Å². The highest BCUT2D eigenvalue weighted by atomic mass is 35.5. The summed E-state index contributed by atoms with van der Waals surface area (Å²) in [4.78, 5) is 19.9. The van der Waals surface area contributed by atoms with Crippen LogP contribution in [-0.4, -0.2) is 15.9 Å². The number of carbonyl (C=O) groups is 1. The third-order valence-electron chi connectivity index (χ3n) is 3.36. The Morgan fingerprint density at radius 1 is 1.17 bits per heavy atom. The van der Waals surface area contributed by atoms with Crippen molar-refractivity contribution in [2.24, 2.45) is 5.92 Å². The van der Waals surface area contributed by atoms with Crippen LogP contribution in [0.15, 0.2) is 12.4 Å². The van der Waals surface area contributed by atoms with E-state index in [-0.39, 0.29) is 11.8 Å². The zero-order chi connectivity index (χ0) is 12.8. The molecule has 1 aromatic heterocycles. The first-order valence-corrected chi connectivity index (χ1v) is 6.92. The number of aromatic nitrogens is 2. The summed E-state index contributed by atoms with van der Waals surface area (Å²) in [6.07, 6.45) is 9.37. The zero-order valence-corrected chi connectivity index (χ0v) is 11.1. The lowest BCUT2D eigenvalue weighted by Crippen LogP contribution is -2.24. The van der Waals surface area contributed by atoms with E-state index in [0.29, 0.717) is 11.0 Å². The van der Waals surface area contributed by atoms with E-state index in [1.807, 2.05) is 0 Å². The van der Waals surface area contributed by atoms with Crippen LogP contribution < -0.4 is 5.32 Å². The maximum atomic E-state index is 12.1. The van der Waals surface area contributed by atoms with E-state index in [9.17, 15) is 4.79 Å². The largest absolute Gasteiger partial charge is 0.310 e. The Hall–Kier alpha value is -1.16. The van der Waals surface area contributed by atoms with Gasteiger partial charge in [-0.3, -0.25) is 4.79 Å². The minimum Gasteiger partial charge on any atom is -0.310 e. The molecule has 1 amide bonds. The molecule has 0 aliphatic heterocycles. The predicted molar refractivity (Wildman–Crippen MR) is 71.5 cm³/mol. The lowest BCUT2D eigenvalue weighted by Gasteiger charge is -2.18. The van der Waals surface area contributed by atoms with Crippen LogP contribution in [0.3, 0.4) is 0 Å². The number of amides is 1. The molecule has 1 heterocycles. The molecular formula is C13H18ClN3O. The molecule has 0 aromatic carbocycles. The van der Waals surface area contributed by atoms with Crippen LogP contribution in [0.2, 0.25) is 5.15 Å². The summed E-state index contributed by atoms with van der Waals surface area (Å²) in [6.45, 7) is 0. The lowest BCUT2D eigenvalue weighted by molar-refractivity contribution is -0.120. The quantitative estimate of drug-likeness (QED) is 0.835. The Morgan fingerprint density at radius 3 is 2.50 bits per heavy atom. The Labute approximate surface area is 112 Å². The molecule has 5 heteroatoms. The lowest BCUT2D eigenvalue weighted by atomic mass is 9.90. The van der Waals surface area contributed by atoms with Gasteiger partial charge in [-0.15, -0.1) is 0 Å². The Morgan fingerprint density at radius 2 is 1.83 bits per heavy atom. The van der Waals surface area contributed by atoms with Gasteiger partial charge in [-0.2, -0.15) is 0 Å². The van der Waals surface area contributed by atoms with Gasteiger partial charge < -0.3 is 5.32 Å². The summed E-state index contributed by atoms with van der Waals surface area (Å²) in [5.41, 5.74) is 0. The van der Waals surface area contributed by atoms with Gasteiger partial charge in [-0.25, -0.2) is 9.97 Å². The van der Waals surface area contributed by atoms with E-state index in [1.54, 1.807) is 6.07 Å². The number of hydrogen-bond acceptors (Lipinski definition) is 3. The smallest absolute Gasteiger partial charge is 0.228 e. The zero-order valence-electron chi connectivity index (χ0n) is 10.4. The van der Waals surface area contributed by atoms with Gasteiger partial charge in [0, 0.05) is 12.0 Å². The van der Waals surface area contributed by atoms with Crippen molar-refractivity contribution in [2.75, 3.05) is 5.32 Å². The molecule has 18 heavy (non-hydrogen) atoms. The number of rotatable bonds is 2. The molecule has 1 aromatic rings. The van der Waals surface area contributed by atoms with Crippen molar-refractivity contribution in [2.45, 2.75) is 44.9 Å². The third-order valence-corrected chi connectivity index (χ3v) is 3.57. The molecule has 0 radical (unpaired) electrons. The van der Waals surface area contributed by atoms with E-state index < -0.39 is 0 Å². The Kier molecular flexibility index (Phi) is 4.93. The normalized spacial score (nSPS) is 17.8. The molecule has 4 nitrogen and oxygen atoms in total. The van der Waals surface area contributed by atoms with Gasteiger partial charge in [0.05, 0.1) is 0 Å². The van der Waals surface area contributed by atoms with Crippen LogP contribution in [0.25, 0.3) is 0 Å². The molecule has 1 fully saturated rings. The molecule has 0 saturated heterocycles. The molecule has 1 N–H and O–H groups in total. The molecule has 0 bridgehead atoms. The first-order chi connectivity index (χ1) is 8.75. The van der Waals surface area contributed by atoms with Crippen molar-refractivity contribution < 1.29 is 4.79 Å². The van der Waals surface area contributed by atoms with Crippen molar-refractivity contribution in [1.29, 1.82) is 0 Å². The highest BCUT2D eigenvalue weighted by molar-refractivity contribution is 6.29. The van der Waals surface area contributed by atoms with Crippen LogP contribution in [0, 0.1) is 5.92 Å². The molecule has 1 saturated carbocycles. The minimum atomic E-state index is 0.0617. The van der Waals surface area contributed by atoms with Crippen LogP contribution in [0.1, 0.15) is 44.9 Å². The highest BCUT2D eigenvalue weighted by Gasteiger charge is 2.19. The van der Waals surface area contributed by atoms with Crippen LogP contribution in [0.5, 0.6) is 0 Å². The SMILES string of the molecule is O=C(Nc1cc(Cl)ncn1)C1CCCCCCC1. The Bertz CT molecular complexity index is 403. The number of hydrogen-bond donors (Lipinski definition) is 1. The fraction of sp³-hybridized carbons (Fsp3) is 0.615. The van der Waals surface area contributed by atoms with Crippen molar-refractivity contribution in [3.63, 3.8) is 0 Å². The number of carbonyl (C=O) groups excluding carboxylic acids is 1. The predicted octanol–water partition coefficient (Wildman–Crippen LogP) is 3.43. The highest BCUT2D eigenvalue weighted by Crippen LogP contribution is 2.23. The van der Waals surface area contributed by atoms with Crippen LogP contribution in [-0.2, 0) is 4.79 Å². The molecular weight excluding hydrogens is 250 g/mol. The van der Waals surface area contributed by atoms with Crippen molar-refractivity contribution in [3.05, 3.63) is 17.5 Å². The van der Waals surface area contributed by atoms with Crippen molar-refractivity contribution in [3.8, 4) is 0 Å². The fourth-order valence-electron chi connectivity index (χ4n) is 2.35. The van der Waals surface area contributed by atoms with E-state index in [4.69, 9.17) is 11.6 Å². The van der Waals surface area contributed by atoms with Crippen molar-refractivity contribution >= 4 is 23.3 Å². The molecule has 2 rings (SSSR count). The summed E-state index contributed by atoms with van der Waals surface area (Å²) >= 11 is 5.76. The molecule has 0 spiro atoms. The third kappa shape index (κ3) is 3.95. The maximum Gasteiger partial charge on any atom is 0.228 e. The van der Waals surface area contributed by atoms with Gasteiger partial charge in [0.2, 0.25) is 5.91 Å². The summed E-state index contributed by atoms with van der Waals surface area (Å²) < 4.78 is 0. The van der Waals surface area contributed by atoms with Gasteiger partial charge in [-0.05, 0) is 12.8 Å². The second-order valence-corrected chi connectivity index (χ2v) is 5.14. The summed E-state index contributed by atoms with van der Waals surface area (Å²) in [5.74, 6) is 0.660. The summed E-state index contributed by atoms with van der Waals surface area (Å²) in [6, 6.07) is 1.57. The molecule has 0 unspecified atom stereocenters. The average Bonchev–Trinajstić information content (AvgIpc) is 2.28. The molecule has 1 aliphatic rings. The summed E-state index contributed by atoms with van der Waals surface area (Å²) in [5, 5.41) is 3.17. The summed E-state index contributed by atoms with van der Waals surface area (Å²) in [7, 11) is 0. The first-order valence-electron chi connectivity index (χ1n) is 6.54. The molecule has 0 atom stereocenters. The van der Waals surface area contributed by atoms with E-state index in [0.717, 1.165) is 25.7 Å². The molecule has 1 aliphatic carbocycles. The topological polar surface area (TPSA) is 54.9 Å². The number of halogens is 1. The first kappa shape index (κ1) is 13.3. The number of nitrogens with one attached hydrogen (secondary N) is 1. The second kappa shape index (κ2) is 6.69. The number of anilines is 1. The fourth-order valence-corrected chi connectivity index (χ4v) is 2.50. The van der Waals surface area contributed by atoms with Gasteiger partial charge in [0.15, 0.2) is 0 Å². The second-order valence-electron chi connectivity index (χ2n) is 4.76. The maximum absolute atomic E-state index is 12.1. The van der Waals surface area contributed by atoms with Crippen molar-refractivity contribution in [1.82, 2.24) is 9.97 Å². The standard InChI is InChI=1S/C13H18ClN3O/c14-11-8-12(16-9-15-11)17-13(18)10-6-4-2-1-3-5-7-10/h8-10H,1-7H2,(H,15,16,17,18). The van der Waals surface area contributed by atoms with Gasteiger partial charge >= 0.3 is 0 Å². The van der Waals surface area contributed by atoms with Gasteiger partial charge in [-0.1, -0.05) is 43.7 Å². The van der Waals surface area contributed by atoms with E-state index >= 15 is 0 Å². The molecule has 98 valence electrons. The van der Waals surface area contributed by atoms with E-state index in [2.05, 4.69) is 15.3 Å².